The lowest BCUT2D eigenvalue weighted by Gasteiger charge is -2.32. The fraction of sp³-hybridized carbons (Fsp3) is 1.00. The molecule has 0 aromatic rings. The minimum Gasteiger partial charge on any atom is -0.391 e. The Morgan fingerprint density at radius 2 is 2.00 bits per heavy atom. The molecule has 13 heavy (non-hydrogen) atoms. The van der Waals surface area contributed by atoms with Crippen LogP contribution in [0.15, 0.2) is 0 Å². The largest absolute Gasteiger partial charge is 0.391 e. The van der Waals surface area contributed by atoms with Gasteiger partial charge in [0.1, 0.15) is 0 Å². The second-order valence-electron chi connectivity index (χ2n) is 4.12. The van der Waals surface area contributed by atoms with Gasteiger partial charge in [0.15, 0.2) is 0 Å². The van der Waals surface area contributed by atoms with E-state index in [9.17, 15) is 5.11 Å². The number of rotatable bonds is 4. The van der Waals surface area contributed by atoms with Crippen molar-refractivity contribution in [3.8, 4) is 0 Å². The van der Waals surface area contributed by atoms with Gasteiger partial charge in [-0.15, -0.1) is 0 Å². The van der Waals surface area contributed by atoms with Crippen LogP contribution in [0.3, 0.4) is 0 Å². The first kappa shape index (κ1) is 11.0. The van der Waals surface area contributed by atoms with E-state index in [2.05, 4.69) is 19.2 Å². The number of hydrogen-bond donors (Lipinski definition) is 2. The monoisotopic (exact) mass is 185 g/mol. The molecule has 0 aliphatic carbocycles. The first-order valence-electron chi connectivity index (χ1n) is 5.71. The molecule has 0 bridgehead atoms. The molecule has 78 valence electrons. The van der Waals surface area contributed by atoms with E-state index < -0.39 is 0 Å². The van der Waals surface area contributed by atoms with Gasteiger partial charge in [0.2, 0.25) is 0 Å². The SMILES string of the molecule is CCC(CC)C(O)C1CCCCN1. The average Bonchev–Trinajstić information content (AvgIpc) is 2.21. The summed E-state index contributed by atoms with van der Waals surface area (Å²) in [7, 11) is 0. The van der Waals surface area contributed by atoms with Crippen LogP contribution < -0.4 is 5.32 Å². The molecule has 2 nitrogen and oxygen atoms in total. The van der Waals surface area contributed by atoms with Gasteiger partial charge in [0, 0.05) is 6.04 Å². The quantitative estimate of drug-likeness (QED) is 0.701. The lowest BCUT2D eigenvalue weighted by atomic mass is 9.88. The summed E-state index contributed by atoms with van der Waals surface area (Å²) in [6.45, 7) is 5.42. The Labute approximate surface area is 81.7 Å². The topological polar surface area (TPSA) is 32.3 Å². The van der Waals surface area contributed by atoms with Crippen molar-refractivity contribution >= 4 is 0 Å². The number of hydrogen-bond acceptors (Lipinski definition) is 2. The van der Waals surface area contributed by atoms with E-state index in [1.54, 1.807) is 0 Å². The van der Waals surface area contributed by atoms with Crippen molar-refractivity contribution in [1.82, 2.24) is 5.32 Å². The molecule has 1 saturated heterocycles. The van der Waals surface area contributed by atoms with E-state index in [0.717, 1.165) is 25.8 Å². The standard InChI is InChI=1S/C11H23NO/c1-3-9(4-2)11(13)10-7-5-6-8-12-10/h9-13H,3-8H2,1-2H3. The molecule has 0 spiro atoms. The number of aliphatic hydroxyl groups excluding tert-OH is 1. The lowest BCUT2D eigenvalue weighted by Crippen LogP contribution is -2.46. The van der Waals surface area contributed by atoms with Gasteiger partial charge >= 0.3 is 0 Å². The predicted molar refractivity (Wildman–Crippen MR) is 55.7 cm³/mol. The van der Waals surface area contributed by atoms with E-state index in [-0.39, 0.29) is 6.10 Å². The zero-order valence-corrected chi connectivity index (χ0v) is 8.92. The third-order valence-corrected chi connectivity index (χ3v) is 3.29. The van der Waals surface area contributed by atoms with Crippen LogP contribution in [-0.4, -0.2) is 23.8 Å². The normalized spacial score (nSPS) is 26.3. The number of nitrogens with one attached hydrogen (secondary N) is 1. The van der Waals surface area contributed by atoms with Crippen LogP contribution in [0.5, 0.6) is 0 Å². The van der Waals surface area contributed by atoms with Crippen molar-refractivity contribution in [2.45, 2.75) is 58.1 Å². The summed E-state index contributed by atoms with van der Waals surface area (Å²) >= 11 is 0. The summed E-state index contributed by atoms with van der Waals surface area (Å²) in [5.41, 5.74) is 0. The molecule has 1 heterocycles. The van der Waals surface area contributed by atoms with E-state index in [1.807, 2.05) is 0 Å². The summed E-state index contributed by atoms with van der Waals surface area (Å²) in [5, 5.41) is 13.5. The maximum Gasteiger partial charge on any atom is 0.0721 e. The molecule has 1 aliphatic heterocycles. The number of aliphatic hydroxyl groups is 1. The van der Waals surface area contributed by atoms with Crippen molar-refractivity contribution in [3.05, 3.63) is 0 Å². The summed E-state index contributed by atoms with van der Waals surface area (Å²) in [4.78, 5) is 0. The summed E-state index contributed by atoms with van der Waals surface area (Å²) in [6, 6.07) is 0.360. The van der Waals surface area contributed by atoms with Crippen molar-refractivity contribution in [1.29, 1.82) is 0 Å². The van der Waals surface area contributed by atoms with Crippen molar-refractivity contribution in [2.24, 2.45) is 5.92 Å². The summed E-state index contributed by atoms with van der Waals surface area (Å²) < 4.78 is 0. The minimum atomic E-state index is -0.129. The van der Waals surface area contributed by atoms with E-state index >= 15 is 0 Å². The van der Waals surface area contributed by atoms with Crippen molar-refractivity contribution < 1.29 is 5.11 Å². The lowest BCUT2D eigenvalue weighted by molar-refractivity contribution is 0.0544. The van der Waals surface area contributed by atoms with E-state index in [0.29, 0.717) is 12.0 Å². The first-order chi connectivity index (χ1) is 6.29. The van der Waals surface area contributed by atoms with Gasteiger partial charge in [-0.05, 0) is 25.3 Å². The average molecular weight is 185 g/mol. The second-order valence-corrected chi connectivity index (χ2v) is 4.12. The molecule has 0 aromatic carbocycles. The number of piperidine rings is 1. The van der Waals surface area contributed by atoms with E-state index in [4.69, 9.17) is 0 Å². The highest BCUT2D eigenvalue weighted by Gasteiger charge is 2.26. The van der Waals surface area contributed by atoms with Crippen LogP contribution in [0.25, 0.3) is 0 Å². The summed E-state index contributed by atoms with van der Waals surface area (Å²) in [6.07, 6.45) is 5.75. The molecule has 2 N–H and O–H groups in total. The smallest absolute Gasteiger partial charge is 0.0721 e. The molecule has 2 heteroatoms. The molecule has 0 amide bonds. The van der Waals surface area contributed by atoms with Crippen molar-refractivity contribution in [2.75, 3.05) is 6.54 Å². The Bertz CT molecular complexity index is 128. The molecular weight excluding hydrogens is 162 g/mol. The van der Waals surface area contributed by atoms with Gasteiger partial charge in [-0.2, -0.15) is 0 Å². The Balaban J connectivity index is 2.38. The van der Waals surface area contributed by atoms with Crippen LogP contribution in [0.4, 0.5) is 0 Å². The molecule has 0 radical (unpaired) electrons. The fourth-order valence-electron chi connectivity index (χ4n) is 2.27. The molecule has 0 saturated carbocycles. The molecule has 0 aromatic heterocycles. The Hall–Kier alpha value is -0.0800. The van der Waals surface area contributed by atoms with Crippen LogP contribution in [-0.2, 0) is 0 Å². The predicted octanol–water partition coefficient (Wildman–Crippen LogP) is 1.93. The fourth-order valence-corrected chi connectivity index (χ4v) is 2.27. The molecule has 1 rings (SSSR count). The highest BCUT2D eigenvalue weighted by Crippen LogP contribution is 2.20. The summed E-state index contributed by atoms with van der Waals surface area (Å²) in [5.74, 6) is 0.482. The van der Waals surface area contributed by atoms with Gasteiger partial charge < -0.3 is 10.4 Å². The highest BCUT2D eigenvalue weighted by molar-refractivity contribution is 4.83. The molecule has 2 atom stereocenters. The van der Waals surface area contributed by atoms with E-state index in [1.165, 1.54) is 12.8 Å². The zero-order chi connectivity index (χ0) is 9.68. The van der Waals surface area contributed by atoms with Gasteiger partial charge in [-0.25, -0.2) is 0 Å². The molecule has 1 fully saturated rings. The minimum absolute atomic E-state index is 0.129. The Morgan fingerprint density at radius 3 is 2.46 bits per heavy atom. The third-order valence-electron chi connectivity index (χ3n) is 3.29. The van der Waals surface area contributed by atoms with Gasteiger partial charge in [-0.3, -0.25) is 0 Å². The molecular formula is C11H23NO. The van der Waals surface area contributed by atoms with Crippen LogP contribution in [0.2, 0.25) is 0 Å². The maximum atomic E-state index is 10.1. The van der Waals surface area contributed by atoms with Crippen LogP contribution >= 0.6 is 0 Å². The van der Waals surface area contributed by atoms with Gasteiger partial charge in [0.25, 0.3) is 0 Å². The highest BCUT2D eigenvalue weighted by atomic mass is 16.3. The third kappa shape index (κ3) is 2.96. The van der Waals surface area contributed by atoms with Gasteiger partial charge in [0.05, 0.1) is 6.10 Å². The van der Waals surface area contributed by atoms with Crippen LogP contribution in [0.1, 0.15) is 46.0 Å². The van der Waals surface area contributed by atoms with Crippen molar-refractivity contribution in [3.63, 3.8) is 0 Å². The Kier molecular flexibility index (Phi) is 4.74. The maximum absolute atomic E-state index is 10.1. The molecule has 2 unspecified atom stereocenters. The second kappa shape index (κ2) is 5.61. The Morgan fingerprint density at radius 1 is 1.31 bits per heavy atom. The van der Waals surface area contributed by atoms with Gasteiger partial charge in [-0.1, -0.05) is 33.1 Å². The zero-order valence-electron chi connectivity index (χ0n) is 8.92. The first-order valence-corrected chi connectivity index (χ1v) is 5.71. The van der Waals surface area contributed by atoms with Crippen LogP contribution in [0, 0.1) is 5.92 Å². The molecule has 1 aliphatic rings.